The molecule has 2 aromatic rings. The second kappa shape index (κ2) is 6.78. The zero-order chi connectivity index (χ0) is 13.7. The molecule has 1 aromatic heterocycles. The molecule has 19 heavy (non-hydrogen) atoms. The SMILES string of the molecule is CCCNc1ncc(COc2ccc(Cl)cc2C)s1. The lowest BCUT2D eigenvalue weighted by Gasteiger charge is -2.07. The predicted octanol–water partition coefficient (Wildman–Crippen LogP) is 4.51. The molecule has 1 N–H and O–H groups in total. The van der Waals surface area contributed by atoms with E-state index >= 15 is 0 Å². The number of rotatable bonds is 6. The Balaban J connectivity index is 1.92. The van der Waals surface area contributed by atoms with Gasteiger partial charge in [0.25, 0.3) is 0 Å². The number of aromatic nitrogens is 1. The molecule has 0 unspecified atom stereocenters. The molecule has 0 saturated heterocycles. The lowest BCUT2D eigenvalue weighted by Crippen LogP contribution is -1.98. The number of nitrogens with one attached hydrogen (secondary N) is 1. The Labute approximate surface area is 122 Å². The first-order valence-corrected chi connectivity index (χ1v) is 7.46. The van der Waals surface area contributed by atoms with Crippen molar-refractivity contribution in [1.82, 2.24) is 4.98 Å². The highest BCUT2D eigenvalue weighted by Crippen LogP contribution is 2.24. The molecule has 0 aliphatic rings. The first-order chi connectivity index (χ1) is 9.19. The van der Waals surface area contributed by atoms with Crippen molar-refractivity contribution in [3.63, 3.8) is 0 Å². The first-order valence-electron chi connectivity index (χ1n) is 6.26. The van der Waals surface area contributed by atoms with Crippen LogP contribution in [0.15, 0.2) is 24.4 Å². The second-order valence-corrected chi connectivity index (χ2v) is 5.81. The summed E-state index contributed by atoms with van der Waals surface area (Å²) >= 11 is 7.54. The fourth-order valence-electron chi connectivity index (χ4n) is 1.61. The molecular weight excluding hydrogens is 280 g/mol. The third kappa shape index (κ3) is 4.11. The monoisotopic (exact) mass is 296 g/mol. The van der Waals surface area contributed by atoms with Gasteiger partial charge in [0.1, 0.15) is 12.4 Å². The quantitative estimate of drug-likeness (QED) is 0.852. The highest BCUT2D eigenvalue weighted by atomic mass is 35.5. The largest absolute Gasteiger partial charge is 0.488 e. The molecule has 0 atom stereocenters. The van der Waals surface area contributed by atoms with E-state index in [-0.39, 0.29) is 0 Å². The number of benzene rings is 1. The number of hydrogen-bond donors (Lipinski definition) is 1. The van der Waals surface area contributed by atoms with Gasteiger partial charge in [-0.2, -0.15) is 0 Å². The first kappa shape index (κ1) is 14.2. The fraction of sp³-hybridized carbons (Fsp3) is 0.357. The molecule has 0 fully saturated rings. The van der Waals surface area contributed by atoms with Crippen molar-refractivity contribution < 1.29 is 4.74 Å². The van der Waals surface area contributed by atoms with E-state index in [1.807, 2.05) is 31.3 Å². The fourth-order valence-corrected chi connectivity index (χ4v) is 2.59. The van der Waals surface area contributed by atoms with E-state index in [2.05, 4.69) is 17.2 Å². The number of aryl methyl sites for hydroxylation is 1. The molecule has 0 aliphatic heterocycles. The van der Waals surface area contributed by atoms with Crippen molar-refractivity contribution in [2.75, 3.05) is 11.9 Å². The van der Waals surface area contributed by atoms with Crippen molar-refractivity contribution in [2.24, 2.45) is 0 Å². The van der Waals surface area contributed by atoms with Crippen LogP contribution in [0.2, 0.25) is 5.02 Å². The molecule has 1 heterocycles. The summed E-state index contributed by atoms with van der Waals surface area (Å²) in [4.78, 5) is 5.41. The van der Waals surface area contributed by atoms with Crippen molar-refractivity contribution in [2.45, 2.75) is 26.9 Å². The van der Waals surface area contributed by atoms with Gasteiger partial charge in [-0.1, -0.05) is 29.9 Å². The molecule has 0 spiro atoms. The maximum atomic E-state index is 5.91. The Hall–Kier alpha value is -1.26. The van der Waals surface area contributed by atoms with Crippen LogP contribution in [0.3, 0.4) is 0 Å². The smallest absolute Gasteiger partial charge is 0.182 e. The lowest BCUT2D eigenvalue weighted by molar-refractivity contribution is 0.307. The van der Waals surface area contributed by atoms with E-state index in [9.17, 15) is 0 Å². The van der Waals surface area contributed by atoms with E-state index in [1.165, 1.54) is 0 Å². The summed E-state index contributed by atoms with van der Waals surface area (Å²) in [5, 5.41) is 4.95. The summed E-state index contributed by atoms with van der Waals surface area (Å²) in [6.07, 6.45) is 2.95. The number of hydrogen-bond acceptors (Lipinski definition) is 4. The van der Waals surface area contributed by atoms with Gasteiger partial charge in [0, 0.05) is 17.8 Å². The van der Waals surface area contributed by atoms with Gasteiger partial charge in [0.2, 0.25) is 0 Å². The Morgan fingerprint density at radius 1 is 1.42 bits per heavy atom. The molecule has 102 valence electrons. The average molecular weight is 297 g/mol. The summed E-state index contributed by atoms with van der Waals surface area (Å²) in [7, 11) is 0. The number of anilines is 1. The van der Waals surface area contributed by atoms with Crippen LogP contribution in [0.25, 0.3) is 0 Å². The Morgan fingerprint density at radius 3 is 3.00 bits per heavy atom. The predicted molar refractivity (Wildman–Crippen MR) is 81.4 cm³/mol. The van der Waals surface area contributed by atoms with Gasteiger partial charge in [0.05, 0.1) is 4.88 Å². The van der Waals surface area contributed by atoms with E-state index in [0.717, 1.165) is 39.3 Å². The van der Waals surface area contributed by atoms with E-state index in [0.29, 0.717) is 6.61 Å². The standard InChI is InChI=1S/C14H17ClN2OS/c1-3-6-16-14-17-8-12(19-14)9-18-13-5-4-11(15)7-10(13)2/h4-5,7-8H,3,6,9H2,1-2H3,(H,16,17). The van der Waals surface area contributed by atoms with Crippen LogP contribution in [0, 0.1) is 6.92 Å². The molecule has 0 aliphatic carbocycles. The molecule has 0 saturated carbocycles. The minimum atomic E-state index is 0.536. The lowest BCUT2D eigenvalue weighted by atomic mass is 10.2. The van der Waals surface area contributed by atoms with Crippen LogP contribution in [-0.2, 0) is 6.61 Å². The maximum absolute atomic E-state index is 5.91. The van der Waals surface area contributed by atoms with Gasteiger partial charge < -0.3 is 10.1 Å². The van der Waals surface area contributed by atoms with Crippen LogP contribution in [-0.4, -0.2) is 11.5 Å². The van der Waals surface area contributed by atoms with Gasteiger partial charge in [-0.15, -0.1) is 0 Å². The minimum absolute atomic E-state index is 0.536. The van der Waals surface area contributed by atoms with Crippen molar-refractivity contribution >= 4 is 28.1 Å². The van der Waals surface area contributed by atoms with Crippen LogP contribution in [0.1, 0.15) is 23.8 Å². The van der Waals surface area contributed by atoms with Crippen LogP contribution < -0.4 is 10.1 Å². The van der Waals surface area contributed by atoms with Gasteiger partial charge in [-0.3, -0.25) is 0 Å². The zero-order valence-corrected chi connectivity index (χ0v) is 12.6. The van der Waals surface area contributed by atoms with E-state index in [4.69, 9.17) is 16.3 Å². The van der Waals surface area contributed by atoms with Gasteiger partial charge >= 0.3 is 0 Å². The highest BCUT2D eigenvalue weighted by Gasteiger charge is 2.04. The van der Waals surface area contributed by atoms with Crippen molar-refractivity contribution in [3.8, 4) is 5.75 Å². The van der Waals surface area contributed by atoms with Gasteiger partial charge in [0.15, 0.2) is 5.13 Å². The molecule has 3 nitrogen and oxygen atoms in total. The van der Waals surface area contributed by atoms with Gasteiger partial charge in [-0.25, -0.2) is 4.98 Å². The van der Waals surface area contributed by atoms with Crippen LogP contribution >= 0.6 is 22.9 Å². The maximum Gasteiger partial charge on any atom is 0.182 e. The minimum Gasteiger partial charge on any atom is -0.488 e. The Morgan fingerprint density at radius 2 is 2.26 bits per heavy atom. The summed E-state index contributed by atoms with van der Waals surface area (Å²) in [6, 6.07) is 5.64. The number of nitrogens with zero attached hydrogens (tertiary/aromatic N) is 1. The van der Waals surface area contributed by atoms with Crippen molar-refractivity contribution in [3.05, 3.63) is 39.9 Å². The van der Waals surface area contributed by atoms with Crippen LogP contribution in [0.4, 0.5) is 5.13 Å². The normalized spacial score (nSPS) is 10.5. The summed E-state index contributed by atoms with van der Waals surface area (Å²) < 4.78 is 5.78. The third-order valence-electron chi connectivity index (χ3n) is 2.59. The summed E-state index contributed by atoms with van der Waals surface area (Å²) in [5.41, 5.74) is 1.04. The number of halogens is 1. The van der Waals surface area contributed by atoms with Gasteiger partial charge in [-0.05, 0) is 37.1 Å². The molecule has 2 rings (SSSR count). The second-order valence-electron chi connectivity index (χ2n) is 4.26. The number of ether oxygens (including phenoxy) is 1. The highest BCUT2D eigenvalue weighted by molar-refractivity contribution is 7.15. The Bertz CT molecular complexity index is 542. The number of thiazole rings is 1. The molecule has 0 amide bonds. The summed E-state index contributed by atoms with van der Waals surface area (Å²) in [5.74, 6) is 0.862. The third-order valence-corrected chi connectivity index (χ3v) is 3.75. The van der Waals surface area contributed by atoms with Crippen molar-refractivity contribution in [1.29, 1.82) is 0 Å². The Kier molecular flexibility index (Phi) is 5.05. The topological polar surface area (TPSA) is 34.2 Å². The molecule has 0 radical (unpaired) electrons. The molecule has 0 bridgehead atoms. The molecule has 5 heteroatoms. The summed E-state index contributed by atoms with van der Waals surface area (Å²) in [6.45, 7) is 5.61. The zero-order valence-electron chi connectivity index (χ0n) is 11.1. The van der Waals surface area contributed by atoms with E-state index < -0.39 is 0 Å². The molecular formula is C14H17ClN2OS. The molecule has 1 aromatic carbocycles. The average Bonchev–Trinajstić information content (AvgIpc) is 2.83. The van der Waals surface area contributed by atoms with E-state index in [1.54, 1.807) is 11.3 Å². The van der Waals surface area contributed by atoms with Crippen LogP contribution in [0.5, 0.6) is 5.75 Å².